The number of aliphatic hydroxyl groups excluding tert-OH is 5. The molecule has 1 amide bonds. The predicted molar refractivity (Wildman–Crippen MR) is 256 cm³/mol. The van der Waals surface area contributed by atoms with Crippen LogP contribution in [0.2, 0.25) is 0 Å². The van der Waals surface area contributed by atoms with Crippen LogP contribution in [-0.4, -0.2) is 107 Å². The smallest absolute Gasteiger partial charge is 0.394 e. The summed E-state index contributed by atoms with van der Waals surface area (Å²) in [5.41, 5.74) is 0. The molecule has 0 radical (unpaired) electrons. The van der Waals surface area contributed by atoms with Crippen molar-refractivity contribution in [1.29, 1.82) is 0 Å². The fourth-order valence-electron chi connectivity index (χ4n) is 7.94. The standard InChI is InChI=1S/C50H93NO12S/c1-3-5-7-9-11-13-15-17-19-21-23-24-26-28-30-32-34-36-38-43(53)42(41-61-50-47(56)48(63-64(58,59)60)46(55)45(40-52)62-50)51-49(57)44(54)39-37-35-33-31-29-27-25-22-20-18-16-14-12-10-8-6-4-2/h25,27-28,30,36,38,42-48,50,52-56H,3-24,26,29,31-35,37,39-41H2,1-2H3,(H,51,57)(H,58,59,60)/b27-25-,30-28+,38-36+. The number of unbranched alkanes of at least 4 members (excludes halogenated alkanes) is 26. The lowest BCUT2D eigenvalue weighted by atomic mass is 9.99. The third-order valence-electron chi connectivity index (χ3n) is 12.0. The first-order chi connectivity index (χ1) is 30.9. The first-order valence-corrected chi connectivity index (χ1v) is 26.8. The van der Waals surface area contributed by atoms with E-state index in [2.05, 4.69) is 47.7 Å². The van der Waals surface area contributed by atoms with Gasteiger partial charge in [-0.15, -0.1) is 0 Å². The van der Waals surface area contributed by atoms with Gasteiger partial charge in [0.2, 0.25) is 5.91 Å². The van der Waals surface area contributed by atoms with Gasteiger partial charge >= 0.3 is 10.4 Å². The molecule has 0 aromatic rings. The highest BCUT2D eigenvalue weighted by atomic mass is 32.3. The molecule has 0 aliphatic carbocycles. The summed E-state index contributed by atoms with van der Waals surface area (Å²) in [6.45, 7) is 3.21. The molecule has 0 spiro atoms. The third kappa shape index (κ3) is 32.1. The first-order valence-electron chi connectivity index (χ1n) is 25.5. The zero-order chi connectivity index (χ0) is 47.1. The number of ether oxygens (including phenoxy) is 2. The van der Waals surface area contributed by atoms with Crippen LogP contribution in [0.1, 0.15) is 213 Å². The molecule has 0 bridgehead atoms. The van der Waals surface area contributed by atoms with Crippen molar-refractivity contribution in [3.8, 4) is 0 Å². The molecule has 8 atom stereocenters. The second kappa shape index (κ2) is 40.4. The Morgan fingerprint density at radius 1 is 0.625 bits per heavy atom. The van der Waals surface area contributed by atoms with Gasteiger partial charge in [0.15, 0.2) is 6.29 Å². The van der Waals surface area contributed by atoms with E-state index >= 15 is 0 Å². The zero-order valence-corrected chi connectivity index (χ0v) is 40.8. The molecule has 14 heteroatoms. The second-order valence-corrected chi connectivity index (χ2v) is 18.9. The van der Waals surface area contributed by atoms with Crippen molar-refractivity contribution in [2.24, 2.45) is 0 Å². The summed E-state index contributed by atoms with van der Waals surface area (Å²) >= 11 is 0. The maximum Gasteiger partial charge on any atom is 0.397 e. The number of aliphatic hydroxyl groups is 5. The van der Waals surface area contributed by atoms with Crippen LogP contribution in [0.25, 0.3) is 0 Å². The molecule has 0 saturated carbocycles. The topological polar surface area (TPSA) is 212 Å². The van der Waals surface area contributed by atoms with Gasteiger partial charge in [-0.1, -0.05) is 192 Å². The van der Waals surface area contributed by atoms with Crippen molar-refractivity contribution in [1.82, 2.24) is 5.32 Å². The zero-order valence-electron chi connectivity index (χ0n) is 40.0. The number of rotatable bonds is 43. The molecule has 0 aromatic carbocycles. The van der Waals surface area contributed by atoms with Crippen LogP contribution in [0, 0.1) is 0 Å². The van der Waals surface area contributed by atoms with E-state index in [1.165, 1.54) is 134 Å². The van der Waals surface area contributed by atoms with Crippen LogP contribution in [0.15, 0.2) is 36.5 Å². The third-order valence-corrected chi connectivity index (χ3v) is 12.5. The summed E-state index contributed by atoms with van der Waals surface area (Å²) in [5.74, 6) is -0.720. The van der Waals surface area contributed by atoms with Crippen molar-refractivity contribution in [2.45, 2.75) is 262 Å². The molecular formula is C50H93NO12S. The number of hydrogen-bond donors (Lipinski definition) is 7. The number of hydrogen-bond acceptors (Lipinski definition) is 11. The predicted octanol–water partition coefficient (Wildman–Crippen LogP) is 9.64. The molecule has 0 aromatic heterocycles. The largest absolute Gasteiger partial charge is 0.397 e. The summed E-state index contributed by atoms with van der Waals surface area (Å²) in [6.07, 6.45) is 36.5. The van der Waals surface area contributed by atoms with Gasteiger partial charge in [-0.2, -0.15) is 8.42 Å². The van der Waals surface area contributed by atoms with Crippen LogP contribution in [0.3, 0.4) is 0 Å². The fourth-order valence-corrected chi connectivity index (χ4v) is 8.45. The Bertz CT molecular complexity index is 1300. The number of nitrogens with one attached hydrogen (secondary N) is 1. The van der Waals surface area contributed by atoms with Gasteiger partial charge in [0.1, 0.15) is 30.5 Å². The Balaban J connectivity index is 2.57. The van der Waals surface area contributed by atoms with Crippen LogP contribution in [0.4, 0.5) is 0 Å². The van der Waals surface area contributed by atoms with Crippen molar-refractivity contribution in [2.75, 3.05) is 13.2 Å². The maximum absolute atomic E-state index is 13.1. The van der Waals surface area contributed by atoms with Gasteiger partial charge in [-0.3, -0.25) is 9.35 Å². The fraction of sp³-hybridized carbons (Fsp3) is 0.860. The minimum Gasteiger partial charge on any atom is -0.394 e. The molecule has 1 saturated heterocycles. The van der Waals surface area contributed by atoms with Crippen molar-refractivity contribution in [3.63, 3.8) is 0 Å². The molecule has 64 heavy (non-hydrogen) atoms. The molecule has 8 unspecified atom stereocenters. The van der Waals surface area contributed by atoms with Crippen LogP contribution in [0.5, 0.6) is 0 Å². The Morgan fingerprint density at radius 3 is 1.50 bits per heavy atom. The summed E-state index contributed by atoms with van der Waals surface area (Å²) in [5, 5.41) is 55.3. The van der Waals surface area contributed by atoms with Crippen molar-refractivity contribution < 1.29 is 57.0 Å². The van der Waals surface area contributed by atoms with Gasteiger partial charge in [-0.25, -0.2) is 4.18 Å². The Hall–Kier alpha value is -1.72. The molecule has 1 aliphatic rings. The number of allylic oxidation sites excluding steroid dienone is 5. The number of carbonyl (C=O) groups excluding carboxylic acids is 1. The molecule has 1 heterocycles. The highest BCUT2D eigenvalue weighted by Gasteiger charge is 2.48. The molecule has 376 valence electrons. The van der Waals surface area contributed by atoms with E-state index in [0.29, 0.717) is 12.8 Å². The lowest BCUT2D eigenvalue weighted by Gasteiger charge is -2.41. The highest BCUT2D eigenvalue weighted by molar-refractivity contribution is 7.80. The summed E-state index contributed by atoms with van der Waals surface area (Å²) in [6, 6.07) is -1.14. The van der Waals surface area contributed by atoms with E-state index in [1.54, 1.807) is 6.08 Å². The van der Waals surface area contributed by atoms with Crippen molar-refractivity contribution >= 4 is 16.3 Å². The van der Waals surface area contributed by atoms with E-state index in [4.69, 9.17) is 9.47 Å². The van der Waals surface area contributed by atoms with Crippen LogP contribution < -0.4 is 5.32 Å². The van der Waals surface area contributed by atoms with E-state index < -0.39 is 78.5 Å². The Kier molecular flexibility index (Phi) is 38.0. The molecule has 1 aliphatic heterocycles. The highest BCUT2D eigenvalue weighted by Crippen LogP contribution is 2.26. The lowest BCUT2D eigenvalue weighted by molar-refractivity contribution is -0.298. The SMILES string of the molecule is CCCCCCCCCCC/C=C\CCCCCCC(O)C(=O)NC(COC1OC(CO)C(O)C(OS(=O)(=O)O)C1O)C(O)/C=C/CC/C=C/CCCCCCCCCCCCCC. The number of amides is 1. The molecule has 13 nitrogen and oxygen atoms in total. The molecule has 1 fully saturated rings. The summed E-state index contributed by atoms with van der Waals surface area (Å²) in [4.78, 5) is 13.1. The van der Waals surface area contributed by atoms with E-state index in [-0.39, 0.29) is 6.42 Å². The average molecular weight is 932 g/mol. The lowest BCUT2D eigenvalue weighted by Crippen LogP contribution is -2.61. The Morgan fingerprint density at radius 2 is 1.05 bits per heavy atom. The van der Waals surface area contributed by atoms with Gasteiger partial charge in [0, 0.05) is 0 Å². The van der Waals surface area contributed by atoms with Crippen LogP contribution >= 0.6 is 0 Å². The quantitative estimate of drug-likeness (QED) is 0.0173. The van der Waals surface area contributed by atoms with Crippen LogP contribution in [-0.2, 0) is 28.9 Å². The normalized spacial score (nSPS) is 21.0. The molecular weight excluding hydrogens is 839 g/mol. The first kappa shape index (κ1) is 60.3. The van der Waals surface area contributed by atoms with E-state index in [0.717, 1.165) is 51.4 Å². The van der Waals surface area contributed by atoms with E-state index in [1.807, 2.05) is 0 Å². The van der Waals surface area contributed by atoms with Gasteiger partial charge < -0.3 is 40.3 Å². The summed E-state index contributed by atoms with van der Waals surface area (Å²) in [7, 11) is -5.13. The van der Waals surface area contributed by atoms with Gasteiger partial charge in [-0.05, 0) is 57.8 Å². The van der Waals surface area contributed by atoms with Gasteiger partial charge in [0.05, 0.1) is 25.4 Å². The second-order valence-electron chi connectivity index (χ2n) is 17.9. The maximum atomic E-state index is 13.1. The Labute approximate surface area is 388 Å². The van der Waals surface area contributed by atoms with E-state index in [9.17, 15) is 43.3 Å². The van der Waals surface area contributed by atoms with Gasteiger partial charge in [0.25, 0.3) is 0 Å². The molecule has 7 N–H and O–H groups in total. The number of carbonyl (C=O) groups is 1. The van der Waals surface area contributed by atoms with Crippen molar-refractivity contribution in [3.05, 3.63) is 36.5 Å². The molecule has 1 rings (SSSR count). The summed E-state index contributed by atoms with van der Waals surface area (Å²) < 4.78 is 47.6. The average Bonchev–Trinajstić information content (AvgIpc) is 3.27. The monoisotopic (exact) mass is 932 g/mol. The minimum atomic E-state index is -5.13. The minimum absolute atomic E-state index is 0.223.